The number of rotatable bonds is 12. The van der Waals surface area contributed by atoms with E-state index in [1.807, 2.05) is 44.2 Å². The highest BCUT2D eigenvalue weighted by atomic mass is 16.7. The lowest BCUT2D eigenvalue weighted by Crippen LogP contribution is -2.07. The molecule has 1 aromatic heterocycles. The Balaban J connectivity index is 1.68. The van der Waals surface area contributed by atoms with Crippen molar-refractivity contribution in [1.82, 2.24) is 4.98 Å². The van der Waals surface area contributed by atoms with Crippen LogP contribution in [-0.4, -0.2) is 37.9 Å². The summed E-state index contributed by atoms with van der Waals surface area (Å²) in [6.07, 6.45) is 2.32. The van der Waals surface area contributed by atoms with Gasteiger partial charge in [-0.25, -0.2) is 4.98 Å². The summed E-state index contributed by atoms with van der Waals surface area (Å²) in [7, 11) is 1.54. The van der Waals surface area contributed by atoms with Crippen LogP contribution in [0.3, 0.4) is 0 Å². The van der Waals surface area contributed by atoms with Crippen molar-refractivity contribution in [2.75, 3.05) is 27.1 Å². The molecule has 0 amide bonds. The summed E-state index contributed by atoms with van der Waals surface area (Å²) in [6, 6.07) is 12.7. The van der Waals surface area contributed by atoms with Crippen LogP contribution in [0.5, 0.6) is 17.2 Å². The Morgan fingerprint density at radius 1 is 0.968 bits per heavy atom. The lowest BCUT2D eigenvalue weighted by Gasteiger charge is -2.11. The number of oxazole rings is 1. The van der Waals surface area contributed by atoms with Gasteiger partial charge in [0.15, 0.2) is 24.1 Å². The zero-order valence-electron chi connectivity index (χ0n) is 18.1. The molecule has 7 heteroatoms. The van der Waals surface area contributed by atoms with Crippen LogP contribution >= 0.6 is 0 Å². The lowest BCUT2D eigenvalue weighted by atomic mass is 10.0. The number of carbonyl (C=O) groups is 1. The van der Waals surface area contributed by atoms with Crippen molar-refractivity contribution in [3.8, 4) is 28.7 Å². The van der Waals surface area contributed by atoms with Gasteiger partial charge in [0.25, 0.3) is 0 Å². The van der Waals surface area contributed by atoms with Crippen LogP contribution in [0.2, 0.25) is 0 Å². The largest absolute Gasteiger partial charge is 0.490 e. The molecule has 0 unspecified atom stereocenters. The highest BCUT2D eigenvalue weighted by Gasteiger charge is 2.15. The van der Waals surface area contributed by atoms with Crippen LogP contribution in [0.1, 0.15) is 36.3 Å². The summed E-state index contributed by atoms with van der Waals surface area (Å²) in [6.45, 7) is 5.01. The number of hydrogen-bond donors (Lipinski definition) is 0. The number of benzene rings is 2. The molecule has 0 spiro atoms. The maximum absolute atomic E-state index is 12.7. The number of aromatic nitrogens is 1. The number of hydrogen-bond acceptors (Lipinski definition) is 7. The predicted octanol–water partition coefficient (Wildman–Crippen LogP) is 4.94. The minimum atomic E-state index is -0.0315. The third kappa shape index (κ3) is 5.86. The van der Waals surface area contributed by atoms with Crippen molar-refractivity contribution < 1.29 is 28.2 Å². The van der Waals surface area contributed by atoms with Gasteiger partial charge in [-0.3, -0.25) is 4.79 Å². The van der Waals surface area contributed by atoms with Crippen LogP contribution in [0.15, 0.2) is 53.1 Å². The van der Waals surface area contributed by atoms with Gasteiger partial charge in [-0.05, 0) is 44.2 Å². The molecule has 0 atom stereocenters. The maximum atomic E-state index is 12.7. The summed E-state index contributed by atoms with van der Waals surface area (Å²) < 4.78 is 27.3. The van der Waals surface area contributed by atoms with Crippen molar-refractivity contribution in [2.45, 2.75) is 26.7 Å². The number of ether oxygens (including phenoxy) is 4. The molecule has 3 rings (SSSR count). The molecular formula is C24H27NO6. The Kier molecular flexibility index (Phi) is 8.06. The Labute approximate surface area is 181 Å². The summed E-state index contributed by atoms with van der Waals surface area (Å²) in [4.78, 5) is 17.2. The minimum Gasteiger partial charge on any atom is -0.490 e. The van der Waals surface area contributed by atoms with E-state index >= 15 is 0 Å². The standard InChI is InChI=1S/C24H27NO6/c1-4-28-22-13-10-17(14-23(22)29-5-2)24-25-18(15-30-24)11-12-20(26)19-8-6-7-9-21(19)31-16-27-3/h6-10,13-15H,4-5,11-12,16H2,1-3H3. The molecule has 0 fully saturated rings. The van der Waals surface area contributed by atoms with E-state index in [1.165, 1.54) is 7.11 Å². The van der Waals surface area contributed by atoms with Crippen LogP contribution in [0.4, 0.5) is 0 Å². The number of aryl methyl sites for hydroxylation is 1. The van der Waals surface area contributed by atoms with E-state index in [0.29, 0.717) is 54.0 Å². The molecule has 31 heavy (non-hydrogen) atoms. The molecule has 164 valence electrons. The Morgan fingerprint density at radius 2 is 1.74 bits per heavy atom. The highest BCUT2D eigenvalue weighted by molar-refractivity contribution is 5.98. The second-order valence-corrected chi connectivity index (χ2v) is 6.64. The molecule has 3 aromatic rings. The molecule has 0 N–H and O–H groups in total. The predicted molar refractivity (Wildman–Crippen MR) is 116 cm³/mol. The van der Waals surface area contributed by atoms with Crippen LogP contribution in [0.25, 0.3) is 11.5 Å². The smallest absolute Gasteiger partial charge is 0.226 e. The van der Waals surface area contributed by atoms with E-state index in [-0.39, 0.29) is 19.0 Å². The van der Waals surface area contributed by atoms with E-state index in [0.717, 1.165) is 5.56 Å². The zero-order valence-corrected chi connectivity index (χ0v) is 18.1. The molecule has 7 nitrogen and oxygen atoms in total. The van der Waals surface area contributed by atoms with E-state index in [2.05, 4.69) is 4.98 Å². The second kappa shape index (κ2) is 11.2. The van der Waals surface area contributed by atoms with Crippen molar-refractivity contribution in [1.29, 1.82) is 0 Å². The third-order valence-electron chi connectivity index (χ3n) is 4.47. The molecule has 0 radical (unpaired) electrons. The Morgan fingerprint density at radius 3 is 2.52 bits per heavy atom. The molecule has 2 aromatic carbocycles. The minimum absolute atomic E-state index is 0.0315. The zero-order chi connectivity index (χ0) is 22.1. The monoisotopic (exact) mass is 425 g/mol. The summed E-state index contributed by atoms with van der Waals surface area (Å²) in [5.41, 5.74) is 2.00. The molecule has 0 aliphatic rings. The number of methoxy groups -OCH3 is 1. The third-order valence-corrected chi connectivity index (χ3v) is 4.47. The van der Waals surface area contributed by atoms with Crippen LogP contribution < -0.4 is 14.2 Å². The van der Waals surface area contributed by atoms with Crippen molar-refractivity contribution in [3.63, 3.8) is 0 Å². The first-order valence-corrected chi connectivity index (χ1v) is 10.2. The van der Waals surface area contributed by atoms with Gasteiger partial charge in [-0.1, -0.05) is 12.1 Å². The first-order valence-electron chi connectivity index (χ1n) is 10.2. The SMILES string of the molecule is CCOc1ccc(-c2nc(CCC(=O)c3ccccc3OCOC)co2)cc1OCC. The lowest BCUT2D eigenvalue weighted by molar-refractivity contribution is 0.0502. The second-order valence-electron chi connectivity index (χ2n) is 6.64. The number of nitrogens with zero attached hydrogens (tertiary/aromatic N) is 1. The number of ketones is 1. The van der Waals surface area contributed by atoms with E-state index in [1.54, 1.807) is 18.4 Å². The maximum Gasteiger partial charge on any atom is 0.226 e. The molecule has 1 heterocycles. The Hall–Kier alpha value is -3.32. The topological polar surface area (TPSA) is 80.0 Å². The summed E-state index contributed by atoms with van der Waals surface area (Å²) in [5.74, 6) is 2.27. The molecular weight excluding hydrogens is 398 g/mol. The molecule has 0 bridgehead atoms. The van der Waals surface area contributed by atoms with Gasteiger partial charge in [-0.2, -0.15) is 0 Å². The first-order chi connectivity index (χ1) is 15.2. The molecule has 0 saturated heterocycles. The van der Waals surface area contributed by atoms with Crippen LogP contribution in [0, 0.1) is 0 Å². The number of carbonyl (C=O) groups excluding carboxylic acids is 1. The van der Waals surface area contributed by atoms with E-state index < -0.39 is 0 Å². The van der Waals surface area contributed by atoms with E-state index in [9.17, 15) is 4.79 Å². The van der Waals surface area contributed by atoms with Gasteiger partial charge in [0, 0.05) is 25.5 Å². The fourth-order valence-corrected chi connectivity index (χ4v) is 3.06. The average molecular weight is 425 g/mol. The van der Waals surface area contributed by atoms with E-state index in [4.69, 9.17) is 23.4 Å². The van der Waals surface area contributed by atoms with Crippen molar-refractivity contribution in [3.05, 3.63) is 60.0 Å². The Bertz CT molecular complexity index is 997. The molecule has 0 aliphatic carbocycles. The van der Waals surface area contributed by atoms with Gasteiger partial charge in [-0.15, -0.1) is 0 Å². The molecule has 0 aliphatic heterocycles. The average Bonchev–Trinajstić information content (AvgIpc) is 3.27. The number of para-hydroxylation sites is 1. The van der Waals surface area contributed by atoms with Crippen molar-refractivity contribution >= 4 is 5.78 Å². The molecule has 0 saturated carbocycles. The summed E-state index contributed by atoms with van der Waals surface area (Å²) in [5, 5.41) is 0. The quantitative estimate of drug-likeness (QED) is 0.300. The normalized spacial score (nSPS) is 10.7. The van der Waals surface area contributed by atoms with Crippen LogP contribution in [-0.2, 0) is 11.2 Å². The highest BCUT2D eigenvalue weighted by Crippen LogP contribution is 2.32. The fourth-order valence-electron chi connectivity index (χ4n) is 3.06. The van der Waals surface area contributed by atoms with Gasteiger partial charge in [0.1, 0.15) is 12.0 Å². The first kappa shape index (κ1) is 22.4. The fraction of sp³-hybridized carbons (Fsp3) is 0.333. The van der Waals surface area contributed by atoms with Crippen molar-refractivity contribution in [2.24, 2.45) is 0 Å². The summed E-state index contributed by atoms with van der Waals surface area (Å²) >= 11 is 0. The van der Waals surface area contributed by atoms with Gasteiger partial charge in [0.2, 0.25) is 5.89 Å². The van der Waals surface area contributed by atoms with Gasteiger partial charge < -0.3 is 23.4 Å². The number of Topliss-reactive ketones (excluding diaryl/α,β-unsaturated/α-hetero) is 1. The van der Waals surface area contributed by atoms with Gasteiger partial charge in [0.05, 0.1) is 24.5 Å². The van der Waals surface area contributed by atoms with Gasteiger partial charge >= 0.3 is 0 Å².